The average Bonchev–Trinajstić information content (AvgIpc) is 4.09. The molecule has 20 heteroatoms. The van der Waals surface area contributed by atoms with Gasteiger partial charge in [-0.1, -0.05) is 13.3 Å². The lowest BCUT2D eigenvalue weighted by atomic mass is 9.98. The van der Waals surface area contributed by atoms with Gasteiger partial charge in [0.05, 0.1) is 35.4 Å². The fourth-order valence-electron chi connectivity index (χ4n) is 8.00. The van der Waals surface area contributed by atoms with E-state index < -0.39 is 123 Å². The molecule has 3 aliphatic carbocycles. The Balaban J connectivity index is 1.25. The van der Waals surface area contributed by atoms with E-state index in [-0.39, 0.29) is 36.2 Å². The minimum Gasteiger partial charge on any atom is -0.497 e. The molecule has 1 aromatic carbocycles. The van der Waals surface area contributed by atoms with Gasteiger partial charge >= 0.3 is 6.09 Å². The first-order valence-corrected chi connectivity index (χ1v) is 20.5. The standard InChI is InChI=1S/C37H46F4N6O9S/c1-18-25-17-47(26(18)29(48)45-36(16-22(36)28(38)39)32(50)46-57(52,53)34(3)12-13-34)31(49)19(2)42-33(51)56-35(4)15-20(35)8-6-7-11-37(40,41)27-30(55-25)44-24-14-21(54-5)9-10-23(24)43-27/h9-10,14,18-20,22,25-26,28H,6-8,11-13,15-17H2,1-5H3,(H,42,51)(H,45,48)(H,46,50)/t18-,19+,20+,22?,25+,26+,35+,36-/m1/s1. The summed E-state index contributed by atoms with van der Waals surface area (Å²) in [5, 5.41) is 4.82. The van der Waals surface area contributed by atoms with Crippen LogP contribution in [0.4, 0.5) is 22.4 Å². The number of ether oxygens (including phenoxy) is 3. The summed E-state index contributed by atoms with van der Waals surface area (Å²) in [5.41, 5.74) is -3.71. The lowest BCUT2D eigenvalue weighted by Crippen LogP contribution is -2.59. The van der Waals surface area contributed by atoms with Gasteiger partial charge in [0.1, 0.15) is 35.1 Å². The van der Waals surface area contributed by atoms with E-state index in [1.807, 2.05) is 4.72 Å². The van der Waals surface area contributed by atoms with Gasteiger partial charge in [0.25, 0.3) is 11.8 Å². The Morgan fingerprint density at radius 3 is 2.42 bits per heavy atom. The maximum absolute atomic E-state index is 16.2. The third-order valence-corrected chi connectivity index (χ3v) is 14.5. The largest absolute Gasteiger partial charge is 0.497 e. The molecule has 15 nitrogen and oxygen atoms in total. The van der Waals surface area contributed by atoms with Crippen molar-refractivity contribution in [3.63, 3.8) is 0 Å². The van der Waals surface area contributed by atoms with Crippen LogP contribution in [0.1, 0.15) is 84.8 Å². The second-order valence-electron chi connectivity index (χ2n) is 16.6. The van der Waals surface area contributed by atoms with E-state index in [9.17, 15) is 36.4 Å². The Kier molecular flexibility index (Phi) is 10.1. The quantitative estimate of drug-likeness (QED) is 0.343. The minimum atomic E-state index is -4.30. The Morgan fingerprint density at radius 1 is 1.05 bits per heavy atom. The lowest BCUT2D eigenvalue weighted by molar-refractivity contribution is -0.141. The average molecular weight is 827 g/mol. The second-order valence-corrected chi connectivity index (χ2v) is 18.8. The molecule has 312 valence electrons. The molecule has 5 aliphatic rings. The molecule has 0 spiro atoms. The maximum atomic E-state index is 16.2. The van der Waals surface area contributed by atoms with Gasteiger partial charge in [-0.25, -0.2) is 32.0 Å². The highest BCUT2D eigenvalue weighted by Crippen LogP contribution is 2.51. The van der Waals surface area contributed by atoms with E-state index in [1.54, 1.807) is 6.92 Å². The number of carbonyl (C=O) groups excluding carboxylic acids is 4. The van der Waals surface area contributed by atoms with E-state index >= 15 is 8.78 Å². The number of amides is 4. The van der Waals surface area contributed by atoms with Crippen LogP contribution in [0, 0.1) is 17.8 Å². The number of aromatic nitrogens is 2. The van der Waals surface area contributed by atoms with Gasteiger partial charge in [-0.15, -0.1) is 0 Å². The fraction of sp³-hybridized carbons (Fsp3) is 0.676. The summed E-state index contributed by atoms with van der Waals surface area (Å²) >= 11 is 0. The van der Waals surface area contributed by atoms with E-state index in [4.69, 9.17) is 14.2 Å². The third-order valence-electron chi connectivity index (χ3n) is 12.4. The highest BCUT2D eigenvalue weighted by Gasteiger charge is 2.67. The number of nitrogens with one attached hydrogen (secondary N) is 3. The number of sulfonamides is 1. The van der Waals surface area contributed by atoms with Gasteiger partial charge in [0.15, 0.2) is 5.69 Å². The van der Waals surface area contributed by atoms with Crippen molar-refractivity contribution in [3.8, 4) is 11.6 Å². The molecule has 3 N–H and O–H groups in total. The van der Waals surface area contributed by atoms with Crippen LogP contribution in [-0.2, 0) is 35.1 Å². The number of rotatable bonds is 7. The summed E-state index contributed by atoms with van der Waals surface area (Å²) in [6.45, 7) is 5.47. The number of halogens is 4. The highest BCUT2D eigenvalue weighted by molar-refractivity contribution is 7.91. The smallest absolute Gasteiger partial charge is 0.408 e. The third kappa shape index (κ3) is 7.53. The van der Waals surface area contributed by atoms with Crippen LogP contribution in [0.5, 0.6) is 11.6 Å². The second kappa shape index (κ2) is 14.1. The number of nitrogens with zero attached hydrogens (tertiary/aromatic N) is 3. The monoisotopic (exact) mass is 826 g/mol. The number of alkyl carbamates (subject to hydrolysis) is 1. The van der Waals surface area contributed by atoms with Crippen molar-refractivity contribution in [2.24, 2.45) is 17.8 Å². The molecular weight excluding hydrogens is 780 g/mol. The molecule has 57 heavy (non-hydrogen) atoms. The van der Waals surface area contributed by atoms with Crippen LogP contribution in [0.2, 0.25) is 0 Å². The first kappa shape index (κ1) is 40.7. The van der Waals surface area contributed by atoms with Crippen LogP contribution in [0.25, 0.3) is 11.0 Å². The van der Waals surface area contributed by atoms with Crippen molar-refractivity contribution in [2.45, 2.75) is 125 Å². The van der Waals surface area contributed by atoms with Crippen LogP contribution < -0.4 is 24.8 Å². The summed E-state index contributed by atoms with van der Waals surface area (Å²) in [6, 6.07) is 1.58. The molecule has 1 unspecified atom stereocenters. The summed E-state index contributed by atoms with van der Waals surface area (Å²) in [7, 11) is -2.89. The summed E-state index contributed by atoms with van der Waals surface area (Å²) in [6.07, 6.45) is -4.55. The van der Waals surface area contributed by atoms with E-state index in [2.05, 4.69) is 20.6 Å². The van der Waals surface area contributed by atoms with Gasteiger partial charge in [0.2, 0.25) is 34.1 Å². The van der Waals surface area contributed by atoms with Crippen molar-refractivity contribution in [3.05, 3.63) is 23.9 Å². The van der Waals surface area contributed by atoms with Crippen molar-refractivity contribution >= 4 is 44.9 Å². The van der Waals surface area contributed by atoms with Gasteiger partial charge in [-0.3, -0.25) is 19.1 Å². The lowest BCUT2D eigenvalue weighted by Gasteiger charge is -2.30. The first-order valence-electron chi connectivity index (χ1n) is 19.0. The summed E-state index contributed by atoms with van der Waals surface area (Å²) in [4.78, 5) is 64.6. The van der Waals surface area contributed by atoms with Crippen LogP contribution >= 0.6 is 0 Å². The van der Waals surface area contributed by atoms with Crippen LogP contribution in [0.3, 0.4) is 0 Å². The van der Waals surface area contributed by atoms with Gasteiger partial charge in [-0.2, -0.15) is 8.78 Å². The SMILES string of the molecule is COc1ccc2nc3c(nc2c1)O[C@H]1CN(C(=O)[C@H](C)NC(=O)O[C@@]2(C)C[C@@H]2CCCCC3(F)F)[C@H](C(=O)N[C@]2(C(=O)NS(=O)(=O)C3(C)CC3)CC2C(F)F)[C@@H]1C. The predicted molar refractivity (Wildman–Crippen MR) is 193 cm³/mol. The van der Waals surface area contributed by atoms with Crippen molar-refractivity contribution in [1.82, 2.24) is 30.2 Å². The summed E-state index contributed by atoms with van der Waals surface area (Å²) < 4.78 is 104. The Hall–Kier alpha value is -4.49. The molecule has 4 amide bonds. The molecular formula is C37H46F4N6O9S. The molecule has 3 saturated carbocycles. The number of hydrogen-bond donors (Lipinski definition) is 3. The van der Waals surface area contributed by atoms with Crippen LogP contribution in [0.15, 0.2) is 18.2 Å². The Morgan fingerprint density at radius 2 is 1.77 bits per heavy atom. The van der Waals surface area contributed by atoms with Gasteiger partial charge in [0, 0.05) is 24.3 Å². The van der Waals surface area contributed by atoms with Crippen LogP contribution in [-0.4, -0.2) is 101 Å². The zero-order valence-electron chi connectivity index (χ0n) is 32.1. The van der Waals surface area contributed by atoms with Gasteiger partial charge < -0.3 is 29.7 Å². The molecule has 2 aliphatic heterocycles. The molecule has 1 aromatic heterocycles. The van der Waals surface area contributed by atoms with Gasteiger partial charge in [-0.05, 0) is 71.4 Å². The number of hydrogen-bond acceptors (Lipinski definition) is 11. The topological polar surface area (TPSA) is 195 Å². The zero-order valence-corrected chi connectivity index (χ0v) is 32.9. The predicted octanol–water partition coefficient (Wildman–Crippen LogP) is 3.93. The number of methoxy groups -OCH3 is 1. The zero-order chi connectivity index (χ0) is 41.5. The molecule has 2 aromatic rings. The highest BCUT2D eigenvalue weighted by atomic mass is 32.2. The Bertz CT molecular complexity index is 2110. The van der Waals surface area contributed by atoms with E-state index in [0.717, 1.165) is 4.90 Å². The minimum absolute atomic E-state index is 0.0877. The van der Waals surface area contributed by atoms with Crippen molar-refractivity contribution in [2.75, 3.05) is 13.7 Å². The van der Waals surface area contributed by atoms with Crippen molar-refractivity contribution in [1.29, 1.82) is 0 Å². The fourth-order valence-corrected chi connectivity index (χ4v) is 9.31. The number of benzene rings is 1. The molecule has 4 fully saturated rings. The number of fused-ring (bicyclic) bond motifs is 5. The number of carbonyl (C=O) groups is 4. The van der Waals surface area contributed by atoms with E-state index in [0.29, 0.717) is 25.0 Å². The number of alkyl halides is 4. The molecule has 0 radical (unpaired) electrons. The molecule has 3 heterocycles. The molecule has 7 rings (SSSR count). The molecule has 8 atom stereocenters. The Labute approximate surface area is 326 Å². The first-order chi connectivity index (χ1) is 26.6. The van der Waals surface area contributed by atoms with Crippen molar-refractivity contribution < 1.29 is 59.4 Å². The van der Waals surface area contributed by atoms with E-state index in [1.165, 1.54) is 46.1 Å². The molecule has 2 bridgehead atoms. The maximum Gasteiger partial charge on any atom is 0.408 e. The normalized spacial score (nSPS) is 33.3. The molecule has 1 saturated heterocycles. The summed E-state index contributed by atoms with van der Waals surface area (Å²) in [5.74, 6) is -9.99.